The number of benzene rings is 1. The van der Waals surface area contributed by atoms with Crippen molar-refractivity contribution in [1.29, 1.82) is 0 Å². The molecule has 1 aromatic carbocycles. The van der Waals surface area contributed by atoms with E-state index < -0.39 is 5.91 Å². The monoisotopic (exact) mass is 327 g/mol. The zero-order chi connectivity index (χ0) is 14.6. The van der Waals surface area contributed by atoms with Crippen molar-refractivity contribution in [3.8, 4) is 0 Å². The molecule has 0 unspecified atom stereocenters. The van der Waals surface area contributed by atoms with Crippen LogP contribution in [0.1, 0.15) is 34.2 Å². The van der Waals surface area contributed by atoms with Gasteiger partial charge in [0, 0.05) is 5.41 Å². The molecule has 7 heteroatoms. The molecule has 0 radical (unpaired) electrons. The van der Waals surface area contributed by atoms with Crippen LogP contribution in [0.2, 0.25) is 0 Å². The highest BCUT2D eigenvalue weighted by atomic mass is 35.5. The summed E-state index contributed by atoms with van der Waals surface area (Å²) in [4.78, 5) is 11.0. The molecule has 2 aromatic rings. The summed E-state index contributed by atoms with van der Waals surface area (Å²) in [5.74, 6) is -0.547. The lowest BCUT2D eigenvalue weighted by molar-refractivity contribution is 0.0822. The van der Waals surface area contributed by atoms with E-state index in [-0.39, 0.29) is 22.8 Å². The quantitative estimate of drug-likeness (QED) is 0.884. The van der Waals surface area contributed by atoms with Gasteiger partial charge in [-0.2, -0.15) is 0 Å². The number of carbonyl (C=O) groups is 1. The first-order valence-corrected chi connectivity index (χ1v) is 7.06. The van der Waals surface area contributed by atoms with Gasteiger partial charge in [0.1, 0.15) is 5.01 Å². The van der Waals surface area contributed by atoms with Gasteiger partial charge in [-0.05, 0) is 5.56 Å². The zero-order valence-electron chi connectivity index (χ0n) is 11.9. The largest absolute Gasteiger partial charge is 0.376 e. The van der Waals surface area contributed by atoms with Crippen LogP contribution < -0.4 is 5.73 Å². The van der Waals surface area contributed by atoms with E-state index in [0.717, 1.165) is 10.6 Å². The van der Waals surface area contributed by atoms with E-state index in [0.29, 0.717) is 13.2 Å². The number of hydrogen-bond donors (Lipinski definition) is 1. The van der Waals surface area contributed by atoms with Gasteiger partial charge in [0.2, 0.25) is 5.01 Å². The molecule has 0 bridgehead atoms. The second kappa shape index (κ2) is 7.49. The van der Waals surface area contributed by atoms with E-state index in [2.05, 4.69) is 10.2 Å². The first-order valence-electron chi connectivity index (χ1n) is 6.24. The molecule has 21 heavy (non-hydrogen) atoms. The minimum atomic E-state index is -0.547. The molecule has 0 spiro atoms. The van der Waals surface area contributed by atoms with Gasteiger partial charge in [0.25, 0.3) is 5.91 Å². The number of amides is 1. The second-order valence-electron chi connectivity index (χ2n) is 5.14. The molecule has 1 amide bonds. The Morgan fingerprint density at radius 2 is 1.95 bits per heavy atom. The van der Waals surface area contributed by atoms with Gasteiger partial charge >= 0.3 is 0 Å². The van der Waals surface area contributed by atoms with E-state index in [9.17, 15) is 4.79 Å². The maximum absolute atomic E-state index is 11.0. The van der Waals surface area contributed by atoms with Gasteiger partial charge in [-0.3, -0.25) is 4.79 Å². The van der Waals surface area contributed by atoms with Crippen LogP contribution in [-0.2, 0) is 16.8 Å². The van der Waals surface area contributed by atoms with Gasteiger partial charge in [-0.25, -0.2) is 0 Å². The Balaban J connectivity index is 0.00000220. The first-order chi connectivity index (χ1) is 9.49. The molecule has 0 atom stereocenters. The van der Waals surface area contributed by atoms with Crippen LogP contribution in [0.25, 0.3) is 0 Å². The Morgan fingerprint density at radius 1 is 1.29 bits per heavy atom. The van der Waals surface area contributed by atoms with Crippen LogP contribution in [0.5, 0.6) is 0 Å². The standard InChI is InChI=1S/C14H17N3O2S.ClH/c1-14(2,13-17-16-12(20-13)11(15)18)9-19-8-10-6-4-3-5-7-10;/h3-7H,8-9H2,1-2H3,(H2,15,18);1H. The van der Waals surface area contributed by atoms with E-state index in [4.69, 9.17) is 10.5 Å². The summed E-state index contributed by atoms with van der Waals surface area (Å²) in [6.45, 7) is 5.05. The predicted molar refractivity (Wildman–Crippen MR) is 84.8 cm³/mol. The number of primary amides is 1. The first kappa shape index (κ1) is 17.6. The fourth-order valence-corrected chi connectivity index (χ4v) is 2.44. The van der Waals surface area contributed by atoms with Crippen molar-refractivity contribution in [2.45, 2.75) is 25.9 Å². The van der Waals surface area contributed by atoms with Gasteiger partial charge in [-0.15, -0.1) is 22.6 Å². The van der Waals surface area contributed by atoms with E-state index in [1.54, 1.807) is 0 Å². The normalized spacial score (nSPS) is 11.0. The third kappa shape index (κ3) is 4.77. The molecule has 0 aliphatic rings. The van der Waals surface area contributed by atoms with Crippen LogP contribution >= 0.6 is 23.7 Å². The Morgan fingerprint density at radius 3 is 2.52 bits per heavy atom. The van der Waals surface area contributed by atoms with Gasteiger partial charge in [0.05, 0.1) is 13.2 Å². The molecule has 114 valence electrons. The van der Waals surface area contributed by atoms with E-state index in [1.807, 2.05) is 44.2 Å². The maximum Gasteiger partial charge on any atom is 0.279 e. The van der Waals surface area contributed by atoms with Crippen molar-refractivity contribution < 1.29 is 9.53 Å². The van der Waals surface area contributed by atoms with E-state index >= 15 is 0 Å². The summed E-state index contributed by atoms with van der Waals surface area (Å²) >= 11 is 1.22. The highest BCUT2D eigenvalue weighted by Crippen LogP contribution is 2.26. The van der Waals surface area contributed by atoms with Crippen LogP contribution in [-0.4, -0.2) is 22.7 Å². The van der Waals surface area contributed by atoms with Crippen LogP contribution in [0.4, 0.5) is 0 Å². The summed E-state index contributed by atoms with van der Waals surface area (Å²) in [5, 5.41) is 8.79. The molecular weight excluding hydrogens is 310 g/mol. The van der Waals surface area contributed by atoms with Crippen LogP contribution in [0, 0.1) is 0 Å². The zero-order valence-corrected chi connectivity index (χ0v) is 13.5. The fraction of sp³-hybridized carbons (Fsp3) is 0.357. The summed E-state index contributed by atoms with van der Waals surface area (Å²) < 4.78 is 5.73. The smallest absolute Gasteiger partial charge is 0.279 e. The fourth-order valence-electron chi connectivity index (χ4n) is 1.66. The molecular formula is C14H18ClN3O2S. The summed E-state index contributed by atoms with van der Waals surface area (Å²) in [6, 6.07) is 9.97. The topological polar surface area (TPSA) is 78.1 Å². The van der Waals surface area contributed by atoms with Crippen LogP contribution in [0.3, 0.4) is 0 Å². The lowest BCUT2D eigenvalue weighted by Gasteiger charge is -2.21. The highest BCUT2D eigenvalue weighted by molar-refractivity contribution is 7.13. The molecule has 0 aliphatic heterocycles. The number of rotatable bonds is 6. The van der Waals surface area contributed by atoms with Crippen molar-refractivity contribution in [2.24, 2.45) is 5.73 Å². The van der Waals surface area contributed by atoms with Gasteiger partial charge in [0.15, 0.2) is 0 Å². The third-order valence-corrected chi connectivity index (χ3v) is 4.09. The molecule has 0 aliphatic carbocycles. The SMILES string of the molecule is CC(C)(COCc1ccccc1)c1nnc(C(N)=O)s1.Cl. The number of aromatic nitrogens is 2. The van der Waals surface area contributed by atoms with Crippen LogP contribution in [0.15, 0.2) is 30.3 Å². The van der Waals surface area contributed by atoms with E-state index in [1.165, 1.54) is 11.3 Å². The molecule has 0 saturated heterocycles. The molecule has 5 nitrogen and oxygen atoms in total. The number of halogens is 1. The van der Waals surface area contributed by atoms with Crippen molar-refractivity contribution in [1.82, 2.24) is 10.2 Å². The second-order valence-corrected chi connectivity index (χ2v) is 6.12. The van der Waals surface area contributed by atoms with Crippen molar-refractivity contribution in [2.75, 3.05) is 6.61 Å². The molecule has 0 saturated carbocycles. The lowest BCUT2D eigenvalue weighted by atomic mass is 9.96. The minimum absolute atomic E-state index is 0. The minimum Gasteiger partial charge on any atom is -0.376 e. The maximum atomic E-state index is 11.0. The summed E-state index contributed by atoms with van der Waals surface area (Å²) in [7, 11) is 0. The Bertz CT molecular complexity index is 587. The average Bonchev–Trinajstić information content (AvgIpc) is 2.90. The Hall–Kier alpha value is -1.50. The summed E-state index contributed by atoms with van der Waals surface area (Å²) in [6.07, 6.45) is 0. The number of ether oxygens (including phenoxy) is 1. The molecule has 2 rings (SSSR count). The lowest BCUT2D eigenvalue weighted by Crippen LogP contribution is -2.24. The Labute approximate surface area is 133 Å². The predicted octanol–water partition coefficient (Wildman–Crippen LogP) is 2.55. The van der Waals surface area contributed by atoms with Gasteiger partial charge < -0.3 is 10.5 Å². The molecule has 0 fully saturated rings. The van der Waals surface area contributed by atoms with Crippen molar-refractivity contribution in [3.05, 3.63) is 45.9 Å². The highest BCUT2D eigenvalue weighted by Gasteiger charge is 2.26. The number of carbonyl (C=O) groups excluding carboxylic acids is 1. The molecule has 2 N–H and O–H groups in total. The number of nitrogens with two attached hydrogens (primary N) is 1. The number of hydrogen-bond acceptors (Lipinski definition) is 5. The van der Waals surface area contributed by atoms with Crippen molar-refractivity contribution >= 4 is 29.7 Å². The number of nitrogens with zero attached hydrogens (tertiary/aromatic N) is 2. The van der Waals surface area contributed by atoms with Crippen molar-refractivity contribution in [3.63, 3.8) is 0 Å². The van der Waals surface area contributed by atoms with Gasteiger partial charge in [-0.1, -0.05) is 55.5 Å². The average molecular weight is 328 g/mol. The molecule has 1 aromatic heterocycles. The summed E-state index contributed by atoms with van der Waals surface area (Å²) in [5.41, 5.74) is 6.00. The molecule has 1 heterocycles. The Kier molecular flexibility index (Phi) is 6.26. The third-order valence-electron chi connectivity index (χ3n) is 2.79.